The highest BCUT2D eigenvalue weighted by atomic mass is 16.4. The highest BCUT2D eigenvalue weighted by molar-refractivity contribution is 5.65. The molecule has 0 radical (unpaired) electrons. The van der Waals surface area contributed by atoms with E-state index in [1.807, 2.05) is 6.92 Å². The van der Waals surface area contributed by atoms with Crippen LogP contribution in [0.15, 0.2) is 18.3 Å². The number of carbonyl (C=O) groups is 1. The number of hydrogen-bond donors (Lipinski definition) is 2. The number of rotatable bonds is 2. The zero-order valence-electron chi connectivity index (χ0n) is 10.3. The van der Waals surface area contributed by atoms with E-state index in [9.17, 15) is 4.79 Å². The average Bonchev–Trinajstić information content (AvgIpc) is 2.32. The van der Waals surface area contributed by atoms with E-state index in [1.165, 1.54) is 11.1 Å². The first kappa shape index (κ1) is 12.6. The van der Waals surface area contributed by atoms with Gasteiger partial charge >= 0.3 is 6.09 Å². The second-order valence-corrected chi connectivity index (χ2v) is 4.57. The van der Waals surface area contributed by atoms with E-state index in [4.69, 9.17) is 10.2 Å². The summed E-state index contributed by atoms with van der Waals surface area (Å²) in [6.07, 6.45) is 0.566. The molecule has 1 amide bonds. The van der Waals surface area contributed by atoms with Crippen molar-refractivity contribution in [3.8, 4) is 5.75 Å². The zero-order chi connectivity index (χ0) is 13.1. The van der Waals surface area contributed by atoms with Gasteiger partial charge in [-0.15, -0.1) is 0 Å². The summed E-state index contributed by atoms with van der Waals surface area (Å²) in [5.41, 5.74) is 0.878. The molecule has 0 saturated carbocycles. The minimum Gasteiger partial charge on any atom is -0.506 e. The van der Waals surface area contributed by atoms with Crippen LogP contribution in [-0.4, -0.2) is 56.8 Å². The summed E-state index contributed by atoms with van der Waals surface area (Å²) in [5.74, 6) is 0.155. The monoisotopic (exact) mass is 251 g/mol. The highest BCUT2D eigenvalue weighted by Gasteiger charge is 2.26. The lowest BCUT2D eigenvalue weighted by atomic mass is 10.2. The van der Waals surface area contributed by atoms with Crippen LogP contribution < -0.4 is 0 Å². The first-order chi connectivity index (χ1) is 8.56. The molecule has 1 aliphatic rings. The summed E-state index contributed by atoms with van der Waals surface area (Å²) in [7, 11) is 0. The number of nitrogens with zero attached hydrogens (tertiary/aromatic N) is 3. The molecule has 6 heteroatoms. The summed E-state index contributed by atoms with van der Waals surface area (Å²) in [5, 5.41) is 18.1. The molecule has 1 fully saturated rings. The quantitative estimate of drug-likeness (QED) is 0.819. The van der Waals surface area contributed by atoms with Gasteiger partial charge in [0.2, 0.25) is 0 Å². The number of aromatic nitrogens is 1. The molecule has 0 spiro atoms. The first-order valence-electron chi connectivity index (χ1n) is 5.92. The molecule has 1 aliphatic heterocycles. The molecule has 0 unspecified atom stereocenters. The normalized spacial score (nSPS) is 20.9. The van der Waals surface area contributed by atoms with Gasteiger partial charge in [0.15, 0.2) is 0 Å². The average molecular weight is 251 g/mol. The van der Waals surface area contributed by atoms with Gasteiger partial charge in [-0.3, -0.25) is 9.88 Å². The molecule has 1 atom stereocenters. The Kier molecular flexibility index (Phi) is 3.66. The SMILES string of the molecule is C[C@@H]1CN(Cc2ccc(O)cn2)CCN1C(=O)O. The van der Waals surface area contributed by atoms with Crippen molar-refractivity contribution in [3.05, 3.63) is 24.0 Å². The number of amides is 1. The number of pyridine rings is 1. The van der Waals surface area contributed by atoms with Crippen LogP contribution in [-0.2, 0) is 6.54 Å². The summed E-state index contributed by atoms with van der Waals surface area (Å²) >= 11 is 0. The van der Waals surface area contributed by atoms with E-state index < -0.39 is 6.09 Å². The third-order valence-corrected chi connectivity index (χ3v) is 3.15. The van der Waals surface area contributed by atoms with Gasteiger partial charge in [0.05, 0.1) is 11.9 Å². The number of piperazine rings is 1. The Morgan fingerprint density at radius 2 is 2.28 bits per heavy atom. The van der Waals surface area contributed by atoms with Gasteiger partial charge in [0, 0.05) is 32.2 Å². The van der Waals surface area contributed by atoms with Gasteiger partial charge in [-0.05, 0) is 19.1 Å². The molecule has 2 rings (SSSR count). The fraction of sp³-hybridized carbons (Fsp3) is 0.500. The smallest absolute Gasteiger partial charge is 0.407 e. The van der Waals surface area contributed by atoms with Crippen LogP contribution in [0.1, 0.15) is 12.6 Å². The van der Waals surface area contributed by atoms with Gasteiger partial charge in [-0.2, -0.15) is 0 Å². The van der Waals surface area contributed by atoms with E-state index in [-0.39, 0.29) is 11.8 Å². The second-order valence-electron chi connectivity index (χ2n) is 4.57. The summed E-state index contributed by atoms with van der Waals surface area (Å²) in [6, 6.07) is 3.39. The van der Waals surface area contributed by atoms with Crippen molar-refractivity contribution in [3.63, 3.8) is 0 Å². The zero-order valence-corrected chi connectivity index (χ0v) is 10.3. The minimum atomic E-state index is -0.857. The van der Waals surface area contributed by atoms with Gasteiger partial charge in [0.25, 0.3) is 0 Å². The lowest BCUT2D eigenvalue weighted by Gasteiger charge is -2.38. The molecule has 98 valence electrons. The Hall–Kier alpha value is -1.82. The Balaban J connectivity index is 1.93. The van der Waals surface area contributed by atoms with Crippen LogP contribution in [0.2, 0.25) is 0 Å². The van der Waals surface area contributed by atoms with Crippen LogP contribution >= 0.6 is 0 Å². The Labute approximate surface area is 105 Å². The van der Waals surface area contributed by atoms with Gasteiger partial charge in [-0.1, -0.05) is 0 Å². The van der Waals surface area contributed by atoms with Crippen LogP contribution in [0.25, 0.3) is 0 Å². The van der Waals surface area contributed by atoms with E-state index in [0.717, 1.165) is 5.69 Å². The van der Waals surface area contributed by atoms with Gasteiger partial charge in [-0.25, -0.2) is 4.79 Å². The number of hydrogen-bond acceptors (Lipinski definition) is 4. The summed E-state index contributed by atoms with van der Waals surface area (Å²) in [6.45, 7) is 4.52. The molecule has 1 aromatic rings. The third kappa shape index (κ3) is 2.89. The molecule has 2 N–H and O–H groups in total. The molecule has 0 aliphatic carbocycles. The Bertz CT molecular complexity index is 421. The molecule has 1 aromatic heterocycles. The molecule has 2 heterocycles. The number of carboxylic acid groups (broad SMARTS) is 1. The Morgan fingerprint density at radius 1 is 1.50 bits per heavy atom. The van der Waals surface area contributed by atoms with E-state index in [2.05, 4.69) is 9.88 Å². The van der Waals surface area contributed by atoms with Crippen molar-refractivity contribution in [1.82, 2.24) is 14.8 Å². The van der Waals surface area contributed by atoms with Crippen LogP contribution in [0, 0.1) is 0 Å². The Morgan fingerprint density at radius 3 is 2.83 bits per heavy atom. The van der Waals surface area contributed by atoms with Crippen molar-refractivity contribution >= 4 is 6.09 Å². The molecule has 0 bridgehead atoms. The van der Waals surface area contributed by atoms with E-state index in [0.29, 0.717) is 26.2 Å². The molecule has 18 heavy (non-hydrogen) atoms. The first-order valence-corrected chi connectivity index (χ1v) is 5.92. The maximum absolute atomic E-state index is 10.9. The van der Waals surface area contributed by atoms with E-state index >= 15 is 0 Å². The predicted octanol–water partition coefficient (Wildman–Crippen LogP) is 0.971. The van der Waals surface area contributed by atoms with Gasteiger partial charge < -0.3 is 15.1 Å². The topological polar surface area (TPSA) is 76.9 Å². The van der Waals surface area contributed by atoms with Crippen molar-refractivity contribution in [2.75, 3.05) is 19.6 Å². The van der Waals surface area contributed by atoms with Crippen LogP contribution in [0.5, 0.6) is 5.75 Å². The van der Waals surface area contributed by atoms with E-state index in [1.54, 1.807) is 12.1 Å². The maximum Gasteiger partial charge on any atom is 0.407 e. The number of aromatic hydroxyl groups is 1. The molecule has 0 aromatic carbocycles. The van der Waals surface area contributed by atoms with Crippen molar-refractivity contribution in [2.45, 2.75) is 19.5 Å². The fourth-order valence-corrected chi connectivity index (χ4v) is 2.20. The fourth-order valence-electron chi connectivity index (χ4n) is 2.20. The lowest BCUT2D eigenvalue weighted by Crippen LogP contribution is -2.53. The predicted molar refractivity (Wildman–Crippen MR) is 65.4 cm³/mol. The largest absolute Gasteiger partial charge is 0.506 e. The molecular formula is C12H17N3O3. The lowest BCUT2D eigenvalue weighted by molar-refractivity contribution is 0.0706. The summed E-state index contributed by atoms with van der Waals surface area (Å²) in [4.78, 5) is 18.7. The van der Waals surface area contributed by atoms with Crippen LogP contribution in [0.3, 0.4) is 0 Å². The summed E-state index contributed by atoms with van der Waals surface area (Å²) < 4.78 is 0. The van der Waals surface area contributed by atoms with Crippen molar-refractivity contribution in [1.29, 1.82) is 0 Å². The maximum atomic E-state index is 10.9. The van der Waals surface area contributed by atoms with Crippen molar-refractivity contribution in [2.24, 2.45) is 0 Å². The molecule has 6 nitrogen and oxygen atoms in total. The standard InChI is InChI=1S/C12H17N3O3/c1-9-7-14(4-5-15(9)12(17)18)8-10-2-3-11(16)6-13-10/h2-3,6,9,16H,4-5,7-8H2,1H3,(H,17,18)/t9-/m1/s1. The van der Waals surface area contributed by atoms with Crippen LogP contribution in [0.4, 0.5) is 4.79 Å². The second kappa shape index (κ2) is 5.22. The third-order valence-electron chi connectivity index (χ3n) is 3.15. The molecule has 1 saturated heterocycles. The van der Waals surface area contributed by atoms with Crippen molar-refractivity contribution < 1.29 is 15.0 Å². The molecular weight excluding hydrogens is 234 g/mol. The highest BCUT2D eigenvalue weighted by Crippen LogP contribution is 2.13. The van der Waals surface area contributed by atoms with Gasteiger partial charge in [0.1, 0.15) is 5.75 Å². The minimum absolute atomic E-state index is 0.00614.